The molecule has 148 valence electrons. The molecular formula is C21H26N4O2S. The Morgan fingerprint density at radius 2 is 1.75 bits per heavy atom. The predicted molar refractivity (Wildman–Crippen MR) is 112 cm³/mol. The first-order chi connectivity index (χ1) is 13.7. The average Bonchev–Trinajstić information content (AvgIpc) is 3.36. The summed E-state index contributed by atoms with van der Waals surface area (Å²) in [6, 6.07) is 11.8. The number of hydrogen-bond donors (Lipinski definition) is 2. The summed E-state index contributed by atoms with van der Waals surface area (Å²) in [7, 11) is 0. The van der Waals surface area contributed by atoms with Gasteiger partial charge in [-0.05, 0) is 36.4 Å². The van der Waals surface area contributed by atoms with Crippen LogP contribution >= 0.6 is 11.3 Å². The third kappa shape index (κ3) is 5.19. The lowest BCUT2D eigenvalue weighted by molar-refractivity contribution is -0.117. The van der Waals surface area contributed by atoms with Crippen molar-refractivity contribution in [3.8, 4) is 0 Å². The number of anilines is 1. The molecule has 1 aliphatic heterocycles. The van der Waals surface area contributed by atoms with E-state index in [1.165, 1.54) is 4.88 Å². The van der Waals surface area contributed by atoms with E-state index in [9.17, 15) is 9.59 Å². The van der Waals surface area contributed by atoms with Crippen LogP contribution in [0.5, 0.6) is 0 Å². The van der Waals surface area contributed by atoms with Crippen molar-refractivity contribution in [1.29, 1.82) is 0 Å². The lowest BCUT2D eigenvalue weighted by atomic mass is 10.1. The molecule has 0 bridgehead atoms. The van der Waals surface area contributed by atoms with E-state index in [1.807, 2.05) is 12.1 Å². The number of thiophene rings is 1. The summed E-state index contributed by atoms with van der Waals surface area (Å²) in [5.41, 5.74) is 1.12. The fourth-order valence-corrected chi connectivity index (χ4v) is 4.15. The Morgan fingerprint density at radius 3 is 2.46 bits per heavy atom. The van der Waals surface area contributed by atoms with Crippen LogP contribution in [0.4, 0.5) is 5.69 Å². The van der Waals surface area contributed by atoms with Crippen LogP contribution < -0.4 is 10.6 Å². The van der Waals surface area contributed by atoms with Gasteiger partial charge in [0, 0.05) is 43.6 Å². The Labute approximate surface area is 169 Å². The molecule has 2 fully saturated rings. The van der Waals surface area contributed by atoms with E-state index in [0.717, 1.165) is 45.6 Å². The van der Waals surface area contributed by atoms with Gasteiger partial charge < -0.3 is 10.6 Å². The summed E-state index contributed by atoms with van der Waals surface area (Å²) in [5, 5.41) is 8.02. The van der Waals surface area contributed by atoms with Gasteiger partial charge in [0.15, 0.2) is 0 Å². The van der Waals surface area contributed by atoms with E-state index < -0.39 is 0 Å². The van der Waals surface area contributed by atoms with Crippen LogP contribution in [-0.4, -0.2) is 60.4 Å². The molecule has 0 spiro atoms. The van der Waals surface area contributed by atoms with Crippen molar-refractivity contribution < 1.29 is 9.59 Å². The zero-order chi connectivity index (χ0) is 19.3. The van der Waals surface area contributed by atoms with Crippen LogP contribution in [0.15, 0.2) is 41.8 Å². The maximum Gasteiger partial charge on any atom is 0.253 e. The van der Waals surface area contributed by atoms with Gasteiger partial charge in [-0.15, -0.1) is 11.3 Å². The Hall–Kier alpha value is -2.22. The van der Waals surface area contributed by atoms with E-state index in [0.29, 0.717) is 23.8 Å². The molecule has 1 aliphatic carbocycles. The standard InChI is InChI=1S/C21H26N4O2S/c26-20(15-25-11-9-24(10-12-25)14-17-4-3-13-28-17)23-19-6-2-1-5-18(19)21(27)22-16-7-8-16/h1-6,13,16H,7-12,14-15H2,(H,22,27)(H,23,26). The van der Waals surface area contributed by atoms with Gasteiger partial charge in [0.25, 0.3) is 5.91 Å². The maximum atomic E-state index is 12.5. The summed E-state index contributed by atoms with van der Waals surface area (Å²) in [6.07, 6.45) is 2.08. The highest BCUT2D eigenvalue weighted by Gasteiger charge is 2.25. The molecule has 1 saturated carbocycles. The van der Waals surface area contributed by atoms with Crippen LogP contribution in [0.25, 0.3) is 0 Å². The Balaban J connectivity index is 1.26. The molecule has 1 aromatic carbocycles. The molecule has 1 aromatic heterocycles. The van der Waals surface area contributed by atoms with E-state index in [4.69, 9.17) is 0 Å². The molecule has 28 heavy (non-hydrogen) atoms. The Bertz CT molecular complexity index is 812. The highest BCUT2D eigenvalue weighted by atomic mass is 32.1. The third-order valence-corrected chi connectivity index (χ3v) is 6.01. The zero-order valence-corrected chi connectivity index (χ0v) is 16.7. The van der Waals surface area contributed by atoms with E-state index in [2.05, 4.69) is 37.9 Å². The van der Waals surface area contributed by atoms with Crippen molar-refractivity contribution in [2.45, 2.75) is 25.4 Å². The molecule has 4 rings (SSSR count). The van der Waals surface area contributed by atoms with Crippen molar-refractivity contribution in [2.24, 2.45) is 0 Å². The fraction of sp³-hybridized carbons (Fsp3) is 0.429. The minimum atomic E-state index is -0.111. The number of nitrogens with one attached hydrogen (secondary N) is 2. The number of carbonyl (C=O) groups excluding carboxylic acids is 2. The zero-order valence-electron chi connectivity index (χ0n) is 15.9. The lowest BCUT2D eigenvalue weighted by Crippen LogP contribution is -2.48. The number of piperazine rings is 1. The lowest BCUT2D eigenvalue weighted by Gasteiger charge is -2.34. The van der Waals surface area contributed by atoms with E-state index in [1.54, 1.807) is 23.5 Å². The number of rotatable bonds is 7. The first-order valence-electron chi connectivity index (χ1n) is 9.84. The van der Waals surface area contributed by atoms with Crippen molar-refractivity contribution in [2.75, 3.05) is 38.0 Å². The topological polar surface area (TPSA) is 64.7 Å². The van der Waals surface area contributed by atoms with Gasteiger partial charge >= 0.3 is 0 Å². The van der Waals surface area contributed by atoms with Gasteiger partial charge in [-0.1, -0.05) is 18.2 Å². The second-order valence-corrected chi connectivity index (χ2v) is 8.51. The number of hydrogen-bond acceptors (Lipinski definition) is 5. The number of carbonyl (C=O) groups is 2. The van der Waals surface area contributed by atoms with Crippen molar-refractivity contribution >= 4 is 28.8 Å². The molecule has 2 amide bonds. The number of para-hydroxylation sites is 1. The van der Waals surface area contributed by atoms with Crippen molar-refractivity contribution in [1.82, 2.24) is 15.1 Å². The molecular weight excluding hydrogens is 372 g/mol. The SMILES string of the molecule is O=C(CN1CCN(Cc2cccs2)CC1)Nc1ccccc1C(=O)NC1CC1. The predicted octanol–water partition coefficient (Wildman–Crippen LogP) is 2.40. The number of nitrogens with zero attached hydrogens (tertiary/aromatic N) is 2. The summed E-state index contributed by atoms with van der Waals surface area (Å²) in [6.45, 7) is 5.02. The number of amides is 2. The maximum absolute atomic E-state index is 12.5. The van der Waals surface area contributed by atoms with Crippen molar-refractivity contribution in [3.05, 3.63) is 52.2 Å². The quantitative estimate of drug-likeness (QED) is 0.752. The summed E-state index contributed by atoms with van der Waals surface area (Å²) >= 11 is 1.79. The largest absolute Gasteiger partial charge is 0.349 e. The highest BCUT2D eigenvalue weighted by Crippen LogP contribution is 2.21. The minimum Gasteiger partial charge on any atom is -0.349 e. The van der Waals surface area contributed by atoms with Crippen LogP contribution in [0.3, 0.4) is 0 Å². The molecule has 2 heterocycles. The molecule has 0 atom stereocenters. The van der Waals surface area contributed by atoms with E-state index >= 15 is 0 Å². The minimum absolute atomic E-state index is 0.0709. The van der Waals surface area contributed by atoms with Crippen LogP contribution in [0, 0.1) is 0 Å². The smallest absolute Gasteiger partial charge is 0.253 e. The summed E-state index contributed by atoms with van der Waals surface area (Å²) in [4.78, 5) is 30.9. The average molecular weight is 399 g/mol. The first-order valence-corrected chi connectivity index (χ1v) is 10.7. The molecule has 0 unspecified atom stereocenters. The third-order valence-electron chi connectivity index (χ3n) is 5.15. The Kier molecular flexibility index (Phi) is 6.04. The highest BCUT2D eigenvalue weighted by molar-refractivity contribution is 7.09. The molecule has 2 N–H and O–H groups in total. The molecule has 0 radical (unpaired) electrons. The normalized spacial score (nSPS) is 18.0. The van der Waals surface area contributed by atoms with Gasteiger partial charge in [-0.25, -0.2) is 0 Å². The van der Waals surface area contributed by atoms with Crippen LogP contribution in [-0.2, 0) is 11.3 Å². The summed E-state index contributed by atoms with van der Waals surface area (Å²) < 4.78 is 0. The fourth-order valence-electron chi connectivity index (χ4n) is 3.40. The van der Waals surface area contributed by atoms with Crippen LogP contribution in [0.2, 0.25) is 0 Å². The first kappa shape index (κ1) is 19.1. The van der Waals surface area contributed by atoms with Gasteiger partial charge in [-0.2, -0.15) is 0 Å². The molecule has 2 aromatic rings. The second-order valence-electron chi connectivity index (χ2n) is 7.47. The van der Waals surface area contributed by atoms with Crippen molar-refractivity contribution in [3.63, 3.8) is 0 Å². The van der Waals surface area contributed by atoms with Gasteiger partial charge in [0.2, 0.25) is 5.91 Å². The second kappa shape index (κ2) is 8.86. The monoisotopic (exact) mass is 398 g/mol. The summed E-state index contributed by atoms with van der Waals surface area (Å²) in [5.74, 6) is -0.182. The molecule has 2 aliphatic rings. The molecule has 6 nitrogen and oxygen atoms in total. The number of benzene rings is 1. The van der Waals surface area contributed by atoms with E-state index in [-0.39, 0.29) is 11.8 Å². The Morgan fingerprint density at radius 1 is 1.00 bits per heavy atom. The van der Waals surface area contributed by atoms with Gasteiger partial charge in [0.05, 0.1) is 17.8 Å². The molecule has 7 heteroatoms. The van der Waals surface area contributed by atoms with Gasteiger partial charge in [0.1, 0.15) is 0 Å². The molecule has 1 saturated heterocycles. The van der Waals surface area contributed by atoms with Crippen LogP contribution in [0.1, 0.15) is 28.1 Å². The van der Waals surface area contributed by atoms with Gasteiger partial charge in [-0.3, -0.25) is 19.4 Å².